The minimum Gasteiger partial charge on any atom is -0.444 e. The normalized spacial score (nSPS) is 10.8. The summed E-state index contributed by atoms with van der Waals surface area (Å²) in [6.45, 7) is 4.05. The van der Waals surface area contributed by atoms with Gasteiger partial charge in [-0.3, -0.25) is 4.79 Å². The van der Waals surface area contributed by atoms with Crippen LogP contribution in [0.4, 0.5) is 5.69 Å². The lowest BCUT2D eigenvalue weighted by molar-refractivity contribution is -0.116. The average Bonchev–Trinajstić information content (AvgIpc) is 3.05. The van der Waals surface area contributed by atoms with Crippen molar-refractivity contribution in [2.75, 3.05) is 5.32 Å². The van der Waals surface area contributed by atoms with E-state index in [1.807, 2.05) is 68.4 Å². The fourth-order valence-corrected chi connectivity index (χ4v) is 2.43. The number of aromatic nitrogens is 1. The Morgan fingerprint density at radius 1 is 1.04 bits per heavy atom. The first-order chi connectivity index (χ1) is 11.6. The van der Waals surface area contributed by atoms with Crippen molar-refractivity contribution in [1.29, 1.82) is 0 Å². The van der Waals surface area contributed by atoms with E-state index in [1.54, 1.807) is 6.26 Å². The summed E-state index contributed by atoms with van der Waals surface area (Å²) in [5.41, 5.74) is 3.48. The molecule has 4 heteroatoms. The highest BCUT2D eigenvalue weighted by molar-refractivity contribution is 5.91. The van der Waals surface area contributed by atoms with Crippen LogP contribution in [0.3, 0.4) is 0 Å². The Morgan fingerprint density at radius 2 is 1.75 bits per heavy atom. The molecule has 0 unspecified atom stereocenters. The largest absolute Gasteiger partial charge is 0.444 e. The fraction of sp³-hybridized carbons (Fsp3) is 0.200. The number of carbonyl (C=O) groups excluding carboxylic acids is 1. The first kappa shape index (κ1) is 16.0. The summed E-state index contributed by atoms with van der Waals surface area (Å²) in [4.78, 5) is 16.3. The van der Waals surface area contributed by atoms with Gasteiger partial charge >= 0.3 is 0 Å². The van der Waals surface area contributed by atoms with E-state index in [9.17, 15) is 4.79 Å². The van der Waals surface area contributed by atoms with Gasteiger partial charge in [0.1, 0.15) is 12.0 Å². The zero-order chi connectivity index (χ0) is 16.9. The Kier molecular flexibility index (Phi) is 4.75. The molecular formula is C20H20N2O2. The summed E-state index contributed by atoms with van der Waals surface area (Å²) in [5, 5.41) is 2.89. The molecule has 0 bridgehead atoms. The third-order valence-corrected chi connectivity index (χ3v) is 3.58. The zero-order valence-electron chi connectivity index (χ0n) is 13.8. The van der Waals surface area contributed by atoms with Gasteiger partial charge in [0.25, 0.3) is 0 Å². The average molecular weight is 320 g/mol. The van der Waals surface area contributed by atoms with Crippen molar-refractivity contribution in [3.8, 4) is 22.7 Å². The predicted octanol–water partition coefficient (Wildman–Crippen LogP) is 4.99. The molecule has 24 heavy (non-hydrogen) atoms. The Hall–Kier alpha value is -2.88. The first-order valence-corrected chi connectivity index (χ1v) is 8.03. The lowest BCUT2D eigenvalue weighted by Crippen LogP contribution is -2.13. The second kappa shape index (κ2) is 7.13. The van der Waals surface area contributed by atoms with E-state index >= 15 is 0 Å². The zero-order valence-corrected chi connectivity index (χ0v) is 13.8. The molecule has 0 saturated heterocycles. The SMILES string of the molecule is CC(C)CC(=O)Nc1ccc(-c2nc(-c3ccccc3)co2)cc1. The quantitative estimate of drug-likeness (QED) is 0.720. The molecule has 0 aliphatic heterocycles. The van der Waals surface area contributed by atoms with Crippen LogP contribution in [-0.4, -0.2) is 10.9 Å². The summed E-state index contributed by atoms with van der Waals surface area (Å²) in [6, 6.07) is 17.4. The van der Waals surface area contributed by atoms with Crippen LogP contribution < -0.4 is 5.32 Å². The minimum absolute atomic E-state index is 0.0280. The molecule has 122 valence electrons. The third-order valence-electron chi connectivity index (χ3n) is 3.58. The molecule has 1 heterocycles. The van der Waals surface area contributed by atoms with E-state index < -0.39 is 0 Å². The van der Waals surface area contributed by atoms with E-state index in [1.165, 1.54) is 0 Å². The highest BCUT2D eigenvalue weighted by Gasteiger charge is 2.09. The molecule has 2 aromatic carbocycles. The number of anilines is 1. The Bertz CT molecular complexity index is 805. The van der Waals surface area contributed by atoms with Crippen LogP contribution in [-0.2, 0) is 4.79 Å². The first-order valence-electron chi connectivity index (χ1n) is 8.03. The number of rotatable bonds is 5. The number of carbonyl (C=O) groups is 1. The summed E-state index contributed by atoms with van der Waals surface area (Å²) >= 11 is 0. The topological polar surface area (TPSA) is 55.1 Å². The van der Waals surface area contributed by atoms with Crippen LogP contribution in [0.1, 0.15) is 20.3 Å². The molecule has 0 saturated carbocycles. The second-order valence-electron chi connectivity index (χ2n) is 6.13. The molecule has 0 atom stereocenters. The highest BCUT2D eigenvalue weighted by Crippen LogP contribution is 2.25. The molecule has 0 fully saturated rings. The molecule has 3 aromatic rings. The summed E-state index contributed by atoms with van der Waals surface area (Å²) in [5.74, 6) is 0.933. The second-order valence-corrected chi connectivity index (χ2v) is 6.13. The molecule has 1 aromatic heterocycles. The summed E-state index contributed by atoms with van der Waals surface area (Å²) in [6.07, 6.45) is 2.17. The number of oxazole rings is 1. The number of amides is 1. The van der Waals surface area contributed by atoms with Gasteiger partial charge in [0, 0.05) is 23.2 Å². The minimum atomic E-state index is 0.0280. The van der Waals surface area contributed by atoms with Crippen LogP contribution >= 0.6 is 0 Å². The van der Waals surface area contributed by atoms with Crippen LogP contribution in [0.2, 0.25) is 0 Å². The smallest absolute Gasteiger partial charge is 0.226 e. The van der Waals surface area contributed by atoms with Crippen LogP contribution in [0.15, 0.2) is 65.3 Å². The van der Waals surface area contributed by atoms with Gasteiger partial charge in [-0.05, 0) is 30.2 Å². The standard InChI is InChI=1S/C20H20N2O2/c1-14(2)12-19(23)21-17-10-8-16(9-11-17)20-22-18(13-24-20)15-6-4-3-5-7-15/h3-11,13-14H,12H2,1-2H3,(H,21,23). The molecule has 0 aliphatic rings. The van der Waals surface area contributed by atoms with Crippen LogP contribution in [0.25, 0.3) is 22.7 Å². The molecule has 1 N–H and O–H groups in total. The van der Waals surface area contributed by atoms with Crippen molar-refractivity contribution in [3.63, 3.8) is 0 Å². The van der Waals surface area contributed by atoms with Crippen LogP contribution in [0, 0.1) is 5.92 Å². The predicted molar refractivity (Wildman–Crippen MR) is 95.5 cm³/mol. The monoisotopic (exact) mass is 320 g/mol. The van der Waals surface area contributed by atoms with E-state index in [0.717, 1.165) is 22.5 Å². The van der Waals surface area contributed by atoms with Crippen molar-refractivity contribution in [3.05, 3.63) is 60.9 Å². The van der Waals surface area contributed by atoms with Gasteiger partial charge in [-0.25, -0.2) is 4.98 Å². The molecule has 4 nitrogen and oxygen atoms in total. The van der Waals surface area contributed by atoms with Gasteiger partial charge in [-0.2, -0.15) is 0 Å². The lowest BCUT2D eigenvalue weighted by Gasteiger charge is -2.07. The number of nitrogens with zero attached hydrogens (tertiary/aromatic N) is 1. The van der Waals surface area contributed by atoms with E-state index in [4.69, 9.17) is 4.42 Å². The maximum atomic E-state index is 11.8. The number of hydrogen-bond acceptors (Lipinski definition) is 3. The molecule has 3 rings (SSSR count). The Morgan fingerprint density at radius 3 is 2.42 bits per heavy atom. The third kappa shape index (κ3) is 3.90. The van der Waals surface area contributed by atoms with E-state index in [0.29, 0.717) is 18.2 Å². The van der Waals surface area contributed by atoms with Gasteiger partial charge in [0.15, 0.2) is 0 Å². The van der Waals surface area contributed by atoms with E-state index in [2.05, 4.69) is 10.3 Å². The fourth-order valence-electron chi connectivity index (χ4n) is 2.43. The van der Waals surface area contributed by atoms with Crippen LogP contribution in [0.5, 0.6) is 0 Å². The highest BCUT2D eigenvalue weighted by atomic mass is 16.3. The van der Waals surface area contributed by atoms with Gasteiger partial charge in [-0.15, -0.1) is 0 Å². The number of nitrogens with one attached hydrogen (secondary N) is 1. The molecule has 0 aliphatic carbocycles. The van der Waals surface area contributed by atoms with Gasteiger partial charge < -0.3 is 9.73 Å². The maximum absolute atomic E-state index is 11.8. The van der Waals surface area contributed by atoms with Crippen molar-refractivity contribution in [1.82, 2.24) is 4.98 Å². The number of hydrogen-bond donors (Lipinski definition) is 1. The Labute approximate surface area is 141 Å². The van der Waals surface area contributed by atoms with Gasteiger partial charge in [0.05, 0.1) is 0 Å². The lowest BCUT2D eigenvalue weighted by atomic mass is 10.1. The van der Waals surface area contributed by atoms with Gasteiger partial charge in [-0.1, -0.05) is 44.2 Å². The van der Waals surface area contributed by atoms with Gasteiger partial charge in [0.2, 0.25) is 11.8 Å². The summed E-state index contributed by atoms with van der Waals surface area (Å²) < 4.78 is 5.58. The van der Waals surface area contributed by atoms with Crippen molar-refractivity contribution in [2.45, 2.75) is 20.3 Å². The summed E-state index contributed by atoms with van der Waals surface area (Å²) in [7, 11) is 0. The number of benzene rings is 2. The van der Waals surface area contributed by atoms with Crippen molar-refractivity contribution < 1.29 is 9.21 Å². The molecular weight excluding hydrogens is 300 g/mol. The van der Waals surface area contributed by atoms with E-state index in [-0.39, 0.29) is 5.91 Å². The molecule has 1 amide bonds. The van der Waals surface area contributed by atoms with Crippen molar-refractivity contribution >= 4 is 11.6 Å². The Balaban J connectivity index is 1.72. The maximum Gasteiger partial charge on any atom is 0.226 e. The molecule has 0 spiro atoms. The van der Waals surface area contributed by atoms with Crippen molar-refractivity contribution in [2.24, 2.45) is 5.92 Å². The molecule has 0 radical (unpaired) electrons.